The lowest BCUT2D eigenvalue weighted by molar-refractivity contribution is 0.0714. The molecule has 10 heteroatoms. The van der Waals surface area contributed by atoms with Crippen LogP contribution in [0, 0.1) is 0 Å². The number of carbonyl (C=O) groups is 1. The number of anilines is 2. The van der Waals surface area contributed by atoms with Gasteiger partial charge in [-0.1, -0.05) is 30.3 Å². The quantitative estimate of drug-likeness (QED) is 0.485. The summed E-state index contributed by atoms with van der Waals surface area (Å²) >= 11 is 0. The number of hydrogen-bond acceptors (Lipinski definition) is 7. The molecule has 33 heavy (non-hydrogen) atoms. The second-order valence-electron chi connectivity index (χ2n) is 7.56. The average Bonchev–Trinajstić information content (AvgIpc) is 3.39. The van der Waals surface area contributed by atoms with E-state index in [1.54, 1.807) is 41.3 Å². The third kappa shape index (κ3) is 4.24. The number of nitrogens with one attached hydrogen (secondary N) is 1. The maximum atomic E-state index is 13.0. The van der Waals surface area contributed by atoms with Crippen molar-refractivity contribution in [3.8, 4) is 0 Å². The molecule has 0 saturated carbocycles. The molecular weight excluding hydrogens is 442 g/mol. The fraction of sp³-hybridized carbons (Fsp3) is 0.174. The number of para-hydroxylation sites is 2. The Bertz CT molecular complexity index is 1380. The van der Waals surface area contributed by atoms with Crippen molar-refractivity contribution in [2.24, 2.45) is 0 Å². The fourth-order valence-electron chi connectivity index (χ4n) is 3.74. The standard InChI is InChI=1S/C23H21N5O4S/c29-23(20-11-6-16-32-20)28-14-12-27(13-15-28)22-21(24-18-9-4-5-10-19(18)25-22)26-33(30,31)17-7-2-1-3-8-17/h1-11,16H,12-15H2,(H,24,26). The van der Waals surface area contributed by atoms with Crippen molar-refractivity contribution in [1.29, 1.82) is 0 Å². The van der Waals surface area contributed by atoms with Gasteiger partial charge in [-0.25, -0.2) is 18.4 Å². The Morgan fingerprint density at radius 2 is 1.52 bits per heavy atom. The van der Waals surface area contributed by atoms with Gasteiger partial charge in [0.05, 0.1) is 22.2 Å². The molecule has 1 amide bonds. The summed E-state index contributed by atoms with van der Waals surface area (Å²) in [6.45, 7) is 1.83. The van der Waals surface area contributed by atoms with E-state index >= 15 is 0 Å². The normalized spacial score (nSPS) is 14.4. The minimum absolute atomic E-state index is 0.139. The Morgan fingerprint density at radius 1 is 0.848 bits per heavy atom. The second kappa shape index (κ2) is 8.55. The van der Waals surface area contributed by atoms with Crippen molar-refractivity contribution in [2.75, 3.05) is 35.8 Å². The Balaban J connectivity index is 1.44. The van der Waals surface area contributed by atoms with Crippen molar-refractivity contribution in [2.45, 2.75) is 4.90 Å². The molecule has 0 bridgehead atoms. The predicted molar refractivity (Wildman–Crippen MR) is 124 cm³/mol. The Labute approximate surface area is 190 Å². The molecule has 2 aromatic heterocycles. The number of amides is 1. The van der Waals surface area contributed by atoms with E-state index in [1.807, 2.05) is 23.1 Å². The van der Waals surface area contributed by atoms with E-state index in [1.165, 1.54) is 18.4 Å². The maximum Gasteiger partial charge on any atom is 0.289 e. The number of sulfonamides is 1. The number of fused-ring (bicyclic) bond motifs is 1. The lowest BCUT2D eigenvalue weighted by Crippen LogP contribution is -2.49. The molecule has 0 atom stereocenters. The topological polar surface area (TPSA) is 109 Å². The maximum absolute atomic E-state index is 13.0. The first kappa shape index (κ1) is 21.0. The van der Waals surface area contributed by atoms with Gasteiger partial charge in [0.1, 0.15) is 0 Å². The zero-order valence-corrected chi connectivity index (χ0v) is 18.4. The molecule has 1 N–H and O–H groups in total. The summed E-state index contributed by atoms with van der Waals surface area (Å²) in [6, 6.07) is 18.7. The van der Waals surface area contributed by atoms with Crippen LogP contribution in [0.15, 0.2) is 82.3 Å². The van der Waals surface area contributed by atoms with E-state index in [4.69, 9.17) is 9.40 Å². The summed E-state index contributed by atoms with van der Waals surface area (Å²) in [5, 5.41) is 0. The third-order valence-electron chi connectivity index (χ3n) is 5.44. The van der Waals surface area contributed by atoms with Crippen LogP contribution >= 0.6 is 0 Å². The van der Waals surface area contributed by atoms with Crippen molar-refractivity contribution < 1.29 is 17.6 Å². The van der Waals surface area contributed by atoms with Crippen LogP contribution in [0.3, 0.4) is 0 Å². The molecule has 0 spiro atoms. The van der Waals surface area contributed by atoms with E-state index in [-0.39, 0.29) is 16.6 Å². The van der Waals surface area contributed by atoms with Crippen LogP contribution < -0.4 is 9.62 Å². The molecule has 0 radical (unpaired) electrons. The number of piperazine rings is 1. The highest BCUT2D eigenvalue weighted by atomic mass is 32.2. The molecule has 3 heterocycles. The number of nitrogens with zero attached hydrogens (tertiary/aromatic N) is 4. The highest BCUT2D eigenvalue weighted by molar-refractivity contribution is 7.92. The summed E-state index contributed by atoms with van der Waals surface area (Å²) in [5.41, 5.74) is 1.24. The van der Waals surface area contributed by atoms with Gasteiger partial charge in [0.2, 0.25) is 0 Å². The van der Waals surface area contributed by atoms with Gasteiger partial charge in [0.15, 0.2) is 17.4 Å². The lowest BCUT2D eigenvalue weighted by Gasteiger charge is -2.35. The minimum atomic E-state index is -3.85. The van der Waals surface area contributed by atoms with Gasteiger partial charge in [-0.2, -0.15) is 0 Å². The van der Waals surface area contributed by atoms with Gasteiger partial charge in [-0.15, -0.1) is 0 Å². The molecule has 2 aromatic carbocycles. The zero-order valence-electron chi connectivity index (χ0n) is 17.6. The molecular formula is C23H21N5O4S. The predicted octanol–water partition coefficient (Wildman–Crippen LogP) is 2.99. The molecule has 1 fully saturated rings. The number of carbonyl (C=O) groups excluding carboxylic acids is 1. The summed E-state index contributed by atoms with van der Waals surface area (Å²) < 4.78 is 33.8. The molecule has 5 rings (SSSR count). The first-order valence-electron chi connectivity index (χ1n) is 10.4. The van der Waals surface area contributed by atoms with E-state index in [0.29, 0.717) is 48.8 Å². The second-order valence-corrected chi connectivity index (χ2v) is 9.24. The monoisotopic (exact) mass is 463 g/mol. The molecule has 1 aliphatic heterocycles. The number of benzene rings is 2. The first-order chi connectivity index (χ1) is 16.0. The van der Waals surface area contributed by atoms with Crippen LogP contribution in [-0.4, -0.2) is 55.4 Å². The third-order valence-corrected chi connectivity index (χ3v) is 6.79. The van der Waals surface area contributed by atoms with E-state index in [9.17, 15) is 13.2 Å². The number of furan rings is 1. The summed E-state index contributed by atoms with van der Waals surface area (Å²) in [4.78, 5) is 25.6. The molecule has 168 valence electrons. The molecule has 9 nitrogen and oxygen atoms in total. The van der Waals surface area contributed by atoms with E-state index < -0.39 is 10.0 Å². The molecule has 4 aromatic rings. The van der Waals surface area contributed by atoms with Gasteiger partial charge >= 0.3 is 0 Å². The number of hydrogen-bond donors (Lipinski definition) is 1. The zero-order chi connectivity index (χ0) is 22.8. The summed E-state index contributed by atoms with van der Waals surface area (Å²) in [5.74, 6) is 0.709. The van der Waals surface area contributed by atoms with Crippen molar-refractivity contribution in [1.82, 2.24) is 14.9 Å². The highest BCUT2D eigenvalue weighted by Crippen LogP contribution is 2.28. The van der Waals surface area contributed by atoms with Gasteiger partial charge in [-0.3, -0.25) is 9.52 Å². The highest BCUT2D eigenvalue weighted by Gasteiger charge is 2.27. The molecule has 1 saturated heterocycles. The summed E-state index contributed by atoms with van der Waals surface area (Å²) in [7, 11) is -3.85. The fourth-order valence-corrected chi connectivity index (χ4v) is 4.77. The van der Waals surface area contributed by atoms with Gasteiger partial charge < -0.3 is 14.2 Å². The molecule has 1 aliphatic rings. The van der Waals surface area contributed by atoms with Crippen molar-refractivity contribution >= 4 is 38.6 Å². The van der Waals surface area contributed by atoms with Crippen molar-refractivity contribution in [3.05, 3.63) is 78.8 Å². The number of aromatic nitrogens is 2. The average molecular weight is 464 g/mol. The molecule has 0 aliphatic carbocycles. The van der Waals surface area contributed by atoms with Crippen LogP contribution in [0.5, 0.6) is 0 Å². The van der Waals surface area contributed by atoms with Gasteiger partial charge in [0.25, 0.3) is 15.9 Å². The summed E-state index contributed by atoms with van der Waals surface area (Å²) in [6.07, 6.45) is 1.47. The Hall–Kier alpha value is -3.92. The van der Waals surface area contributed by atoms with Crippen molar-refractivity contribution in [3.63, 3.8) is 0 Å². The lowest BCUT2D eigenvalue weighted by atomic mass is 10.2. The van der Waals surface area contributed by atoms with Crippen LogP contribution in [0.2, 0.25) is 0 Å². The van der Waals surface area contributed by atoms with Gasteiger partial charge in [-0.05, 0) is 36.4 Å². The van der Waals surface area contributed by atoms with Gasteiger partial charge in [0, 0.05) is 26.2 Å². The first-order valence-corrected chi connectivity index (χ1v) is 11.9. The minimum Gasteiger partial charge on any atom is -0.459 e. The van der Waals surface area contributed by atoms with E-state index in [2.05, 4.69) is 9.71 Å². The Morgan fingerprint density at radius 3 is 2.18 bits per heavy atom. The largest absolute Gasteiger partial charge is 0.459 e. The Kier molecular flexibility index (Phi) is 5.43. The SMILES string of the molecule is O=C(c1ccco1)N1CCN(c2nc3ccccc3nc2NS(=O)(=O)c2ccccc2)CC1. The number of rotatable bonds is 5. The van der Waals surface area contributed by atoms with E-state index in [0.717, 1.165) is 0 Å². The van der Waals surface area contributed by atoms with Crippen LogP contribution in [-0.2, 0) is 10.0 Å². The molecule has 0 unspecified atom stereocenters. The smallest absolute Gasteiger partial charge is 0.289 e. The van der Waals surface area contributed by atoms with Crippen LogP contribution in [0.4, 0.5) is 11.6 Å². The van der Waals surface area contributed by atoms with Crippen LogP contribution in [0.25, 0.3) is 11.0 Å². The van der Waals surface area contributed by atoms with Crippen LogP contribution in [0.1, 0.15) is 10.6 Å².